The summed E-state index contributed by atoms with van der Waals surface area (Å²) in [7, 11) is 1.23. The zero-order chi connectivity index (χ0) is 15.7. The number of carbonyl (C=O) groups is 2. The van der Waals surface area contributed by atoms with E-state index in [9.17, 15) is 19.5 Å². The Kier molecular flexibility index (Phi) is 4.02. The van der Waals surface area contributed by atoms with E-state index in [-0.39, 0.29) is 11.4 Å². The number of nitrogens with zero attached hydrogens (tertiary/aromatic N) is 2. The number of hydrogen-bond acceptors (Lipinski definition) is 8. The van der Waals surface area contributed by atoms with Gasteiger partial charge < -0.3 is 25.4 Å². The van der Waals surface area contributed by atoms with Crippen LogP contribution in [-0.2, 0) is 14.3 Å². The fourth-order valence-electron chi connectivity index (χ4n) is 2.10. The Bertz CT molecular complexity index is 629. The molecule has 114 valence electrons. The van der Waals surface area contributed by atoms with Gasteiger partial charge in [-0.05, 0) is 0 Å². The smallest absolute Gasteiger partial charge is 0.351 e. The predicted molar refractivity (Wildman–Crippen MR) is 66.6 cm³/mol. The minimum absolute atomic E-state index is 0.0682. The summed E-state index contributed by atoms with van der Waals surface area (Å²) in [6.45, 7) is 0. The Morgan fingerprint density at radius 2 is 2.29 bits per heavy atom. The predicted octanol–water partition coefficient (Wildman–Crippen LogP) is -2.00. The second-order valence-electron chi connectivity index (χ2n) is 4.37. The van der Waals surface area contributed by atoms with Crippen molar-refractivity contribution in [1.82, 2.24) is 9.55 Å². The third-order valence-corrected chi connectivity index (χ3v) is 3.14. The maximum absolute atomic E-state index is 11.8. The number of aliphatic hydroxyl groups is 1. The van der Waals surface area contributed by atoms with Gasteiger partial charge in [0.2, 0.25) is 0 Å². The molecule has 0 unspecified atom stereocenters. The molecule has 0 spiro atoms. The molecule has 10 heteroatoms. The Labute approximate surface area is 117 Å². The highest BCUT2D eigenvalue weighted by Crippen LogP contribution is 2.30. The van der Waals surface area contributed by atoms with Crippen LogP contribution >= 0.6 is 0 Å². The van der Waals surface area contributed by atoms with Crippen LogP contribution in [0.3, 0.4) is 0 Å². The van der Waals surface area contributed by atoms with E-state index < -0.39 is 36.2 Å². The van der Waals surface area contributed by atoms with Crippen molar-refractivity contribution in [2.75, 3.05) is 12.8 Å². The van der Waals surface area contributed by atoms with Crippen LogP contribution in [-0.4, -0.2) is 57.4 Å². The zero-order valence-electron chi connectivity index (χ0n) is 10.9. The number of hydrogen-bond donors (Lipinski definition) is 3. The summed E-state index contributed by atoms with van der Waals surface area (Å²) in [6.07, 6.45) is -3.95. The van der Waals surface area contributed by atoms with Crippen molar-refractivity contribution in [2.24, 2.45) is 0 Å². The average molecular weight is 299 g/mol. The van der Waals surface area contributed by atoms with E-state index >= 15 is 0 Å². The van der Waals surface area contributed by atoms with E-state index in [2.05, 4.69) is 4.98 Å². The van der Waals surface area contributed by atoms with Gasteiger partial charge in [-0.15, -0.1) is 0 Å². The Morgan fingerprint density at radius 1 is 1.62 bits per heavy atom. The molecule has 0 radical (unpaired) electrons. The summed E-state index contributed by atoms with van der Waals surface area (Å²) < 4.78 is 11.0. The Morgan fingerprint density at radius 3 is 2.81 bits per heavy atom. The number of nitrogens with two attached hydrogens (primary N) is 1. The molecule has 0 saturated carbocycles. The molecule has 1 aromatic rings. The summed E-state index contributed by atoms with van der Waals surface area (Å²) in [4.78, 5) is 37.1. The van der Waals surface area contributed by atoms with Crippen LogP contribution in [0, 0.1) is 0 Å². The third-order valence-electron chi connectivity index (χ3n) is 3.14. The van der Waals surface area contributed by atoms with Crippen LogP contribution in [0.5, 0.6) is 0 Å². The lowest BCUT2D eigenvalue weighted by Gasteiger charge is -2.20. The monoisotopic (exact) mass is 299 g/mol. The van der Waals surface area contributed by atoms with Gasteiger partial charge in [-0.25, -0.2) is 9.59 Å². The first kappa shape index (κ1) is 15.1. The van der Waals surface area contributed by atoms with E-state index in [1.807, 2.05) is 0 Å². The summed E-state index contributed by atoms with van der Waals surface area (Å²) in [5, 5.41) is 18.8. The Hall–Kier alpha value is -2.30. The molecule has 0 amide bonds. The van der Waals surface area contributed by atoms with Crippen molar-refractivity contribution in [3.05, 3.63) is 22.2 Å². The second-order valence-corrected chi connectivity index (χ2v) is 4.37. The van der Waals surface area contributed by atoms with E-state index in [0.29, 0.717) is 6.29 Å². The summed E-state index contributed by atoms with van der Waals surface area (Å²) in [5.74, 6) is -1.66. The molecule has 1 aliphatic heterocycles. The van der Waals surface area contributed by atoms with Crippen LogP contribution in [0.2, 0.25) is 0 Å². The lowest BCUT2D eigenvalue weighted by atomic mass is 10.1. The molecule has 0 aromatic carbocycles. The normalized spacial score (nSPS) is 28.5. The van der Waals surface area contributed by atoms with Gasteiger partial charge in [-0.1, -0.05) is 0 Å². The topological polar surface area (TPSA) is 154 Å². The lowest BCUT2D eigenvalue weighted by molar-refractivity contribution is -0.155. The quantitative estimate of drug-likeness (QED) is 0.535. The highest BCUT2D eigenvalue weighted by molar-refractivity contribution is 5.80. The lowest BCUT2D eigenvalue weighted by Crippen LogP contribution is -2.38. The molecule has 1 fully saturated rings. The van der Waals surface area contributed by atoms with Gasteiger partial charge in [0.1, 0.15) is 18.0 Å². The minimum atomic E-state index is -1.57. The molecule has 4 atom stereocenters. The van der Waals surface area contributed by atoms with E-state index in [0.717, 1.165) is 10.8 Å². The van der Waals surface area contributed by atoms with Crippen LogP contribution in [0.15, 0.2) is 11.0 Å². The van der Waals surface area contributed by atoms with Crippen LogP contribution in [0.25, 0.3) is 0 Å². The SMILES string of the molecule is CO[C@@H]1[C@H](O)[C@@H](C(=O)O)O[C@H]1n1cc(C=O)c(N)nc1=O. The standard InChI is InChI=1S/C11H13N3O7/c1-20-6-5(16)7(10(17)18)21-9(6)14-2-4(3-15)8(12)13-11(14)19/h2-3,5-7,9,16H,1H3,(H,17,18)(H2,12,13,19)/t5-,6+,7-,9+/m0/s1. The first-order valence-electron chi connectivity index (χ1n) is 5.83. The van der Waals surface area contributed by atoms with Crippen LogP contribution < -0.4 is 11.4 Å². The number of aliphatic carboxylic acids is 1. The zero-order valence-corrected chi connectivity index (χ0v) is 10.9. The molecule has 0 bridgehead atoms. The highest BCUT2D eigenvalue weighted by Gasteiger charge is 2.49. The maximum Gasteiger partial charge on any atom is 0.351 e. The number of nitrogen functional groups attached to an aromatic ring is 1. The minimum Gasteiger partial charge on any atom is -0.479 e. The van der Waals surface area contributed by atoms with Gasteiger partial charge in [-0.3, -0.25) is 9.36 Å². The third kappa shape index (κ3) is 2.51. The van der Waals surface area contributed by atoms with Gasteiger partial charge in [0.05, 0.1) is 5.56 Å². The molecule has 21 heavy (non-hydrogen) atoms. The van der Waals surface area contributed by atoms with Gasteiger partial charge in [0.25, 0.3) is 0 Å². The van der Waals surface area contributed by atoms with Crippen molar-refractivity contribution in [1.29, 1.82) is 0 Å². The number of carboxylic acids is 1. The number of aliphatic hydroxyl groups excluding tert-OH is 1. The van der Waals surface area contributed by atoms with E-state index in [1.165, 1.54) is 7.11 Å². The van der Waals surface area contributed by atoms with Crippen LogP contribution in [0.4, 0.5) is 5.82 Å². The number of aromatic nitrogens is 2. The maximum atomic E-state index is 11.8. The summed E-state index contributed by atoms with van der Waals surface area (Å²) in [5.41, 5.74) is 4.47. The number of aldehydes is 1. The number of carbonyl (C=O) groups excluding carboxylic acids is 1. The molecular formula is C11H13N3O7. The second kappa shape index (κ2) is 5.60. The number of anilines is 1. The molecule has 0 aliphatic carbocycles. The largest absolute Gasteiger partial charge is 0.479 e. The highest BCUT2D eigenvalue weighted by atomic mass is 16.6. The van der Waals surface area contributed by atoms with Crippen molar-refractivity contribution in [3.8, 4) is 0 Å². The number of ether oxygens (including phenoxy) is 2. The molecule has 4 N–H and O–H groups in total. The van der Waals surface area contributed by atoms with Crippen molar-refractivity contribution in [2.45, 2.75) is 24.5 Å². The molecule has 1 aromatic heterocycles. The van der Waals surface area contributed by atoms with Crippen molar-refractivity contribution < 1.29 is 29.3 Å². The molecule has 1 aliphatic rings. The Balaban J connectivity index is 2.48. The van der Waals surface area contributed by atoms with Gasteiger partial charge in [0, 0.05) is 13.3 Å². The summed E-state index contributed by atoms with van der Waals surface area (Å²) >= 11 is 0. The van der Waals surface area contributed by atoms with E-state index in [4.69, 9.17) is 20.3 Å². The molecule has 10 nitrogen and oxygen atoms in total. The number of carboxylic acid groups (broad SMARTS) is 1. The molecule has 2 rings (SSSR count). The number of rotatable bonds is 4. The molecule has 1 saturated heterocycles. The average Bonchev–Trinajstić information content (AvgIpc) is 2.76. The first-order chi connectivity index (χ1) is 9.90. The summed E-state index contributed by atoms with van der Waals surface area (Å²) in [6, 6.07) is 0. The van der Waals surface area contributed by atoms with Crippen molar-refractivity contribution in [3.63, 3.8) is 0 Å². The van der Waals surface area contributed by atoms with Gasteiger partial charge >= 0.3 is 11.7 Å². The molecular weight excluding hydrogens is 286 g/mol. The van der Waals surface area contributed by atoms with E-state index in [1.54, 1.807) is 0 Å². The van der Waals surface area contributed by atoms with Gasteiger partial charge in [0.15, 0.2) is 18.6 Å². The van der Waals surface area contributed by atoms with Crippen molar-refractivity contribution >= 4 is 18.1 Å². The number of methoxy groups -OCH3 is 1. The molecule has 2 heterocycles. The fourth-order valence-corrected chi connectivity index (χ4v) is 2.10. The fraction of sp³-hybridized carbons (Fsp3) is 0.455. The van der Waals surface area contributed by atoms with Gasteiger partial charge in [-0.2, -0.15) is 4.98 Å². The first-order valence-corrected chi connectivity index (χ1v) is 5.83. The van der Waals surface area contributed by atoms with Crippen LogP contribution in [0.1, 0.15) is 16.6 Å².